The number of nitrogens with two attached hydrogens (primary N) is 1. The van der Waals surface area contributed by atoms with Crippen LogP contribution in [0.3, 0.4) is 0 Å². The summed E-state index contributed by atoms with van der Waals surface area (Å²) in [5.41, 5.74) is 11.7. The standard InChI is InChI=1S/C28H32N6O2/c1-19(2)36-26-16-22(8-9-23(26)28(35)33-14-12-32(3)13-15-33)24-10-11-27-30-18-25(34(27)31-24)21-6-4-20(17-29)5-7-21/h4-11,16,18-19H,12-15,17,29H2,1-3H3. The van der Waals surface area contributed by atoms with Gasteiger partial charge in [0.05, 0.1) is 29.3 Å². The fourth-order valence-electron chi connectivity index (χ4n) is 4.43. The predicted octanol–water partition coefficient (Wildman–Crippen LogP) is 3.70. The molecule has 5 rings (SSSR count). The Morgan fingerprint density at radius 2 is 1.72 bits per heavy atom. The van der Waals surface area contributed by atoms with Crippen LogP contribution in [0.5, 0.6) is 5.75 Å². The van der Waals surface area contributed by atoms with Crippen LogP contribution in [0.4, 0.5) is 0 Å². The summed E-state index contributed by atoms with van der Waals surface area (Å²) in [5.74, 6) is 0.586. The largest absolute Gasteiger partial charge is 0.490 e. The van der Waals surface area contributed by atoms with Gasteiger partial charge in [-0.2, -0.15) is 5.10 Å². The van der Waals surface area contributed by atoms with Gasteiger partial charge in [-0.05, 0) is 50.7 Å². The van der Waals surface area contributed by atoms with Gasteiger partial charge in [-0.25, -0.2) is 9.50 Å². The second-order valence-corrected chi connectivity index (χ2v) is 9.51. The lowest BCUT2D eigenvalue weighted by Gasteiger charge is -2.32. The minimum absolute atomic E-state index is 0.00605. The van der Waals surface area contributed by atoms with Gasteiger partial charge in [0.2, 0.25) is 0 Å². The molecule has 8 heteroatoms. The van der Waals surface area contributed by atoms with Crippen LogP contribution in [0.2, 0.25) is 0 Å². The van der Waals surface area contributed by atoms with Crippen molar-refractivity contribution < 1.29 is 9.53 Å². The summed E-state index contributed by atoms with van der Waals surface area (Å²) in [4.78, 5) is 22.0. The average molecular weight is 485 g/mol. The van der Waals surface area contributed by atoms with Crippen molar-refractivity contribution in [2.75, 3.05) is 33.2 Å². The van der Waals surface area contributed by atoms with Crippen molar-refractivity contribution in [3.05, 3.63) is 71.9 Å². The summed E-state index contributed by atoms with van der Waals surface area (Å²) in [5, 5.41) is 4.89. The monoisotopic (exact) mass is 484 g/mol. The molecule has 3 heterocycles. The van der Waals surface area contributed by atoms with E-state index in [1.807, 2.05) is 84.1 Å². The summed E-state index contributed by atoms with van der Waals surface area (Å²) in [6.45, 7) is 7.61. The Labute approximate surface area is 211 Å². The Bertz CT molecular complexity index is 1370. The lowest BCUT2D eigenvalue weighted by Crippen LogP contribution is -2.47. The van der Waals surface area contributed by atoms with Crippen molar-refractivity contribution in [1.29, 1.82) is 0 Å². The third kappa shape index (κ3) is 4.82. The molecule has 8 nitrogen and oxygen atoms in total. The van der Waals surface area contributed by atoms with Gasteiger partial charge < -0.3 is 20.3 Å². The quantitative estimate of drug-likeness (QED) is 0.449. The highest BCUT2D eigenvalue weighted by Gasteiger charge is 2.24. The number of benzene rings is 2. The summed E-state index contributed by atoms with van der Waals surface area (Å²) in [6, 6.07) is 17.7. The van der Waals surface area contributed by atoms with E-state index in [4.69, 9.17) is 15.6 Å². The Balaban J connectivity index is 1.50. The SMILES string of the molecule is CC(C)Oc1cc(-c2ccc3ncc(-c4ccc(CN)cc4)n3n2)ccc1C(=O)N1CCN(C)CC1. The number of amides is 1. The van der Waals surface area contributed by atoms with Crippen LogP contribution >= 0.6 is 0 Å². The number of nitrogens with zero attached hydrogens (tertiary/aromatic N) is 5. The van der Waals surface area contributed by atoms with Crippen molar-refractivity contribution in [2.45, 2.75) is 26.5 Å². The van der Waals surface area contributed by atoms with E-state index in [2.05, 4.69) is 16.9 Å². The van der Waals surface area contributed by atoms with Gasteiger partial charge in [0, 0.05) is 43.9 Å². The smallest absolute Gasteiger partial charge is 0.257 e. The number of fused-ring (bicyclic) bond motifs is 1. The molecule has 0 bridgehead atoms. The number of hydrogen-bond donors (Lipinski definition) is 1. The van der Waals surface area contributed by atoms with E-state index in [1.165, 1.54) is 0 Å². The van der Waals surface area contributed by atoms with Crippen molar-refractivity contribution in [3.8, 4) is 28.3 Å². The van der Waals surface area contributed by atoms with Gasteiger partial charge in [0.15, 0.2) is 5.65 Å². The molecule has 36 heavy (non-hydrogen) atoms. The second kappa shape index (κ2) is 10.1. The fraction of sp³-hybridized carbons (Fsp3) is 0.321. The summed E-state index contributed by atoms with van der Waals surface area (Å²) in [7, 11) is 2.08. The fourth-order valence-corrected chi connectivity index (χ4v) is 4.43. The molecule has 1 aliphatic rings. The van der Waals surface area contributed by atoms with Gasteiger partial charge in [0.25, 0.3) is 5.91 Å². The molecule has 2 aromatic carbocycles. The third-order valence-electron chi connectivity index (χ3n) is 6.51. The van der Waals surface area contributed by atoms with Crippen molar-refractivity contribution >= 4 is 11.6 Å². The highest BCUT2D eigenvalue weighted by molar-refractivity contribution is 5.97. The number of carbonyl (C=O) groups excluding carboxylic acids is 1. The molecule has 0 aliphatic carbocycles. The lowest BCUT2D eigenvalue weighted by molar-refractivity contribution is 0.0658. The van der Waals surface area contributed by atoms with Gasteiger partial charge in [0.1, 0.15) is 5.75 Å². The molecule has 1 fully saturated rings. The molecule has 2 N–H and O–H groups in total. The van der Waals surface area contributed by atoms with Gasteiger partial charge in [-0.1, -0.05) is 30.3 Å². The summed E-state index contributed by atoms with van der Waals surface area (Å²) in [6.07, 6.45) is 1.76. The zero-order chi connectivity index (χ0) is 25.2. The maximum atomic E-state index is 13.3. The zero-order valence-electron chi connectivity index (χ0n) is 21.0. The molecule has 1 saturated heterocycles. The summed E-state index contributed by atoms with van der Waals surface area (Å²) < 4.78 is 7.96. The minimum Gasteiger partial charge on any atom is -0.490 e. The molecular weight excluding hydrogens is 452 g/mol. The molecule has 1 aliphatic heterocycles. The lowest BCUT2D eigenvalue weighted by atomic mass is 10.1. The molecule has 2 aromatic heterocycles. The number of aromatic nitrogens is 3. The normalized spacial score (nSPS) is 14.5. The second-order valence-electron chi connectivity index (χ2n) is 9.51. The van der Waals surface area contributed by atoms with Crippen molar-refractivity contribution in [2.24, 2.45) is 5.73 Å². The molecule has 4 aromatic rings. The third-order valence-corrected chi connectivity index (χ3v) is 6.51. The topological polar surface area (TPSA) is 89.0 Å². The van der Waals surface area contributed by atoms with Crippen LogP contribution in [0.15, 0.2) is 60.8 Å². The van der Waals surface area contributed by atoms with Crippen LogP contribution < -0.4 is 10.5 Å². The number of piperazine rings is 1. The molecule has 0 radical (unpaired) electrons. The highest BCUT2D eigenvalue weighted by atomic mass is 16.5. The van der Waals surface area contributed by atoms with Gasteiger partial charge in [-0.3, -0.25) is 4.79 Å². The first-order valence-corrected chi connectivity index (χ1v) is 12.4. The molecule has 186 valence electrons. The van der Waals surface area contributed by atoms with Crippen LogP contribution in [0, 0.1) is 0 Å². The summed E-state index contributed by atoms with van der Waals surface area (Å²) >= 11 is 0. The van der Waals surface area contributed by atoms with Crippen LogP contribution in [-0.2, 0) is 6.54 Å². The van der Waals surface area contributed by atoms with Crippen LogP contribution in [-0.4, -0.2) is 69.6 Å². The maximum absolute atomic E-state index is 13.3. The Hall–Kier alpha value is -3.75. The Kier molecular flexibility index (Phi) is 6.71. The minimum atomic E-state index is -0.0635. The number of hydrogen-bond acceptors (Lipinski definition) is 6. The van der Waals surface area contributed by atoms with Crippen LogP contribution in [0.25, 0.3) is 28.2 Å². The maximum Gasteiger partial charge on any atom is 0.257 e. The first-order chi connectivity index (χ1) is 17.4. The molecule has 0 saturated carbocycles. The van der Waals surface area contributed by atoms with E-state index in [9.17, 15) is 4.79 Å². The number of imidazole rings is 1. The highest BCUT2D eigenvalue weighted by Crippen LogP contribution is 2.30. The first-order valence-electron chi connectivity index (χ1n) is 12.4. The molecule has 0 spiro atoms. The van der Waals surface area contributed by atoms with Crippen LogP contribution in [0.1, 0.15) is 29.8 Å². The van der Waals surface area contributed by atoms with E-state index in [1.54, 1.807) is 0 Å². The average Bonchev–Trinajstić information content (AvgIpc) is 3.32. The molecular formula is C28H32N6O2. The first kappa shape index (κ1) is 24.0. The number of carbonyl (C=O) groups is 1. The molecule has 0 unspecified atom stereocenters. The van der Waals surface area contributed by atoms with E-state index in [0.717, 1.165) is 46.8 Å². The zero-order valence-corrected chi connectivity index (χ0v) is 21.0. The number of rotatable bonds is 6. The Morgan fingerprint density at radius 3 is 2.42 bits per heavy atom. The number of ether oxygens (including phenoxy) is 1. The number of likely N-dealkylation sites (N-methyl/N-ethyl adjacent to an activating group) is 1. The van der Waals surface area contributed by atoms with Crippen molar-refractivity contribution in [3.63, 3.8) is 0 Å². The van der Waals surface area contributed by atoms with Gasteiger partial charge >= 0.3 is 0 Å². The van der Waals surface area contributed by atoms with E-state index < -0.39 is 0 Å². The van der Waals surface area contributed by atoms with Crippen molar-refractivity contribution in [1.82, 2.24) is 24.4 Å². The van der Waals surface area contributed by atoms with E-state index in [0.29, 0.717) is 30.9 Å². The Morgan fingerprint density at radius 1 is 1.00 bits per heavy atom. The van der Waals surface area contributed by atoms with E-state index in [-0.39, 0.29) is 12.0 Å². The van der Waals surface area contributed by atoms with Gasteiger partial charge in [-0.15, -0.1) is 0 Å². The molecule has 0 atom stereocenters. The predicted molar refractivity (Wildman–Crippen MR) is 141 cm³/mol. The molecule has 1 amide bonds. The van der Waals surface area contributed by atoms with E-state index >= 15 is 0 Å².